The topological polar surface area (TPSA) is 64.1 Å². The first-order chi connectivity index (χ1) is 5.33. The van der Waals surface area contributed by atoms with E-state index in [0.29, 0.717) is 6.54 Å². The molecule has 1 rings (SSSR count). The minimum atomic E-state index is 0. The quantitative estimate of drug-likeness (QED) is 0.691. The van der Waals surface area contributed by atoms with Crippen molar-refractivity contribution < 1.29 is 0 Å². The summed E-state index contributed by atoms with van der Waals surface area (Å²) in [5.74, 6) is 0. The van der Waals surface area contributed by atoms with Crippen LogP contribution in [0.2, 0.25) is 0 Å². The molecule has 0 bridgehead atoms. The van der Waals surface area contributed by atoms with Gasteiger partial charge in [0.25, 0.3) is 0 Å². The van der Waals surface area contributed by atoms with Gasteiger partial charge in [0.2, 0.25) is 0 Å². The summed E-state index contributed by atoms with van der Waals surface area (Å²) in [5.41, 5.74) is 12.7. The lowest BCUT2D eigenvalue weighted by atomic mass is 10.3. The normalized spacial score (nSPS) is 7.50. The smallest absolute Gasteiger partial charge is 0.0342 e. The number of hydrogen-bond acceptors (Lipinski definition) is 3. The van der Waals surface area contributed by atoms with Crippen molar-refractivity contribution >= 4 is 62.3 Å². The molecule has 5 N–H and O–H groups in total. The van der Waals surface area contributed by atoms with Crippen LogP contribution in [-0.4, -0.2) is 13.1 Å². The van der Waals surface area contributed by atoms with Gasteiger partial charge in [0.1, 0.15) is 0 Å². The molecule has 0 fully saturated rings. The molecule has 14 heavy (non-hydrogen) atoms. The van der Waals surface area contributed by atoms with E-state index in [0.717, 1.165) is 17.9 Å². The fourth-order valence-corrected chi connectivity index (χ4v) is 0.817. The zero-order valence-electron chi connectivity index (χ0n) is 7.60. The van der Waals surface area contributed by atoms with Gasteiger partial charge in [-0.3, -0.25) is 0 Å². The molecule has 0 unspecified atom stereocenters. The Morgan fingerprint density at radius 3 is 1.93 bits per heavy atom. The fraction of sp³-hybridized carbons (Fsp3) is 0.250. The number of rotatable bonds is 3. The lowest BCUT2D eigenvalue weighted by Gasteiger charge is -2.03. The Bertz CT molecular complexity index is 216. The Morgan fingerprint density at radius 2 is 1.50 bits per heavy atom. The molecular weight excluding hydrogens is 378 g/mol. The highest BCUT2D eigenvalue weighted by Crippen LogP contribution is 2.09. The van der Waals surface area contributed by atoms with Crippen molar-refractivity contribution in [3.8, 4) is 0 Å². The van der Waals surface area contributed by atoms with Crippen molar-refractivity contribution in [3.05, 3.63) is 24.3 Å². The van der Waals surface area contributed by atoms with Crippen LogP contribution in [0, 0.1) is 0 Å². The fourth-order valence-electron chi connectivity index (χ4n) is 0.817. The van der Waals surface area contributed by atoms with Crippen molar-refractivity contribution in [1.82, 2.24) is 0 Å². The van der Waals surface area contributed by atoms with Crippen LogP contribution in [0.5, 0.6) is 0 Å². The largest absolute Gasteiger partial charge is 0.399 e. The van der Waals surface area contributed by atoms with E-state index in [1.165, 1.54) is 0 Å². The average Bonchev–Trinajstić information content (AvgIpc) is 2.04. The van der Waals surface area contributed by atoms with Gasteiger partial charge >= 0.3 is 0 Å². The number of hydrogen-bond donors (Lipinski definition) is 3. The summed E-state index contributed by atoms with van der Waals surface area (Å²) in [6, 6.07) is 7.59. The van der Waals surface area contributed by atoms with Crippen LogP contribution < -0.4 is 16.8 Å². The van der Waals surface area contributed by atoms with Crippen molar-refractivity contribution in [2.75, 3.05) is 24.1 Å². The zero-order chi connectivity index (χ0) is 8.10. The first-order valence-electron chi connectivity index (χ1n) is 3.62. The van der Waals surface area contributed by atoms with Gasteiger partial charge < -0.3 is 16.8 Å². The summed E-state index contributed by atoms with van der Waals surface area (Å²) in [6.45, 7) is 1.44. The highest BCUT2D eigenvalue weighted by molar-refractivity contribution is 8.93. The summed E-state index contributed by atoms with van der Waals surface area (Å²) in [6.07, 6.45) is 0. The van der Waals surface area contributed by atoms with Crippen LogP contribution in [0.25, 0.3) is 0 Å². The third-order valence-corrected chi connectivity index (χ3v) is 1.38. The van der Waals surface area contributed by atoms with Crippen LogP contribution in [-0.2, 0) is 0 Å². The van der Waals surface area contributed by atoms with Crippen LogP contribution in [0.1, 0.15) is 0 Å². The molecule has 0 atom stereocenters. The van der Waals surface area contributed by atoms with Crippen LogP contribution in [0.4, 0.5) is 11.4 Å². The molecule has 84 valence electrons. The first kappa shape index (κ1) is 19.7. The summed E-state index contributed by atoms with van der Waals surface area (Å²) in [7, 11) is 0. The Hall–Kier alpha value is 0.220. The van der Waals surface area contributed by atoms with Gasteiger partial charge in [-0.25, -0.2) is 0 Å². The van der Waals surface area contributed by atoms with E-state index >= 15 is 0 Å². The molecule has 0 aliphatic rings. The monoisotopic (exact) mass is 391 g/mol. The molecule has 6 heteroatoms. The van der Waals surface area contributed by atoms with Gasteiger partial charge in [-0.15, -0.1) is 50.9 Å². The van der Waals surface area contributed by atoms with Gasteiger partial charge in [0, 0.05) is 24.5 Å². The maximum Gasteiger partial charge on any atom is 0.0342 e. The van der Waals surface area contributed by atoms with Gasteiger partial charge in [0.15, 0.2) is 0 Å². The predicted molar refractivity (Wildman–Crippen MR) is 79.4 cm³/mol. The number of nitrogen functional groups attached to an aromatic ring is 1. The molecule has 0 aromatic heterocycles. The van der Waals surface area contributed by atoms with Crippen molar-refractivity contribution in [2.45, 2.75) is 0 Å². The highest BCUT2D eigenvalue weighted by atomic mass is 79.9. The number of halogens is 3. The number of nitrogens with two attached hydrogens (primary N) is 2. The van der Waals surface area contributed by atoms with Crippen LogP contribution >= 0.6 is 50.9 Å². The molecule has 0 heterocycles. The summed E-state index contributed by atoms with van der Waals surface area (Å²) in [4.78, 5) is 0. The Labute approximate surface area is 116 Å². The molecule has 0 saturated heterocycles. The van der Waals surface area contributed by atoms with E-state index in [9.17, 15) is 0 Å². The Morgan fingerprint density at radius 1 is 1.00 bits per heavy atom. The van der Waals surface area contributed by atoms with Crippen molar-refractivity contribution in [3.63, 3.8) is 0 Å². The van der Waals surface area contributed by atoms with E-state index in [4.69, 9.17) is 11.5 Å². The highest BCUT2D eigenvalue weighted by Gasteiger charge is 1.88. The minimum Gasteiger partial charge on any atom is -0.399 e. The molecule has 3 nitrogen and oxygen atoms in total. The second-order valence-electron chi connectivity index (χ2n) is 2.34. The summed E-state index contributed by atoms with van der Waals surface area (Å²) >= 11 is 0. The number of nitrogens with one attached hydrogen (secondary N) is 1. The third-order valence-electron chi connectivity index (χ3n) is 1.38. The minimum absolute atomic E-state index is 0. The van der Waals surface area contributed by atoms with Gasteiger partial charge in [-0.05, 0) is 24.3 Å². The number of benzene rings is 1. The Kier molecular flexibility index (Phi) is 15.9. The molecule has 0 spiro atoms. The summed E-state index contributed by atoms with van der Waals surface area (Å²) < 4.78 is 0. The average molecular weight is 394 g/mol. The second-order valence-corrected chi connectivity index (χ2v) is 2.34. The number of anilines is 2. The SMILES string of the molecule is Br.Br.Br.NCCNc1ccc(N)cc1. The maximum absolute atomic E-state index is 5.50. The van der Waals surface area contributed by atoms with E-state index < -0.39 is 0 Å². The van der Waals surface area contributed by atoms with Gasteiger partial charge in [-0.2, -0.15) is 0 Å². The van der Waals surface area contributed by atoms with E-state index in [1.807, 2.05) is 24.3 Å². The van der Waals surface area contributed by atoms with Crippen molar-refractivity contribution in [1.29, 1.82) is 0 Å². The molecule has 1 aromatic rings. The lowest BCUT2D eigenvalue weighted by Crippen LogP contribution is -2.12. The van der Waals surface area contributed by atoms with Crippen LogP contribution in [0.15, 0.2) is 24.3 Å². The first-order valence-corrected chi connectivity index (χ1v) is 3.62. The van der Waals surface area contributed by atoms with E-state index in [2.05, 4.69) is 5.32 Å². The second kappa shape index (κ2) is 11.3. The predicted octanol–water partition coefficient (Wildman–Crippen LogP) is 2.37. The Balaban J connectivity index is -0.000000403. The lowest BCUT2D eigenvalue weighted by molar-refractivity contribution is 1.02. The van der Waals surface area contributed by atoms with E-state index in [1.54, 1.807) is 0 Å². The summed E-state index contributed by atoms with van der Waals surface area (Å²) in [5, 5.41) is 3.14. The van der Waals surface area contributed by atoms with Gasteiger partial charge in [0.05, 0.1) is 0 Å². The molecular formula is C8H16Br3N3. The standard InChI is InChI=1S/C8H13N3.3BrH/c9-5-6-11-8-3-1-7(10)2-4-8;;;/h1-4,11H,5-6,9-10H2;3*1H. The molecule has 0 amide bonds. The van der Waals surface area contributed by atoms with Gasteiger partial charge in [-0.1, -0.05) is 0 Å². The van der Waals surface area contributed by atoms with Crippen LogP contribution in [0.3, 0.4) is 0 Å². The molecule has 0 aliphatic carbocycles. The van der Waals surface area contributed by atoms with Crippen molar-refractivity contribution in [2.24, 2.45) is 5.73 Å². The van der Waals surface area contributed by atoms with E-state index in [-0.39, 0.29) is 50.9 Å². The third kappa shape index (κ3) is 7.61. The molecule has 0 saturated carbocycles. The zero-order valence-corrected chi connectivity index (χ0v) is 12.7. The molecule has 0 aliphatic heterocycles. The molecule has 1 aromatic carbocycles. The molecule has 0 radical (unpaired) electrons. The maximum atomic E-state index is 5.50.